The molecule has 4 nitrogen and oxygen atoms in total. The molecule has 9 atom stereocenters. The van der Waals surface area contributed by atoms with Crippen molar-refractivity contribution in [2.75, 3.05) is 7.11 Å². The summed E-state index contributed by atoms with van der Waals surface area (Å²) in [5.41, 5.74) is 2.23. The van der Waals surface area contributed by atoms with Gasteiger partial charge < -0.3 is 9.84 Å². The first-order valence-electron chi connectivity index (χ1n) is 16.4. The second-order valence-corrected chi connectivity index (χ2v) is 16.3. The average Bonchev–Trinajstić information content (AvgIpc) is 3.34. The number of ether oxygens (including phenoxy) is 1. The molecule has 0 radical (unpaired) electrons. The first-order valence-corrected chi connectivity index (χ1v) is 16.4. The van der Waals surface area contributed by atoms with Gasteiger partial charge in [-0.1, -0.05) is 65.0 Å². The van der Waals surface area contributed by atoms with Crippen LogP contribution in [-0.4, -0.2) is 24.0 Å². The van der Waals surface area contributed by atoms with Crippen LogP contribution in [-0.2, 0) is 9.59 Å². The van der Waals surface area contributed by atoms with Crippen LogP contribution in [0.4, 0.5) is 0 Å². The number of hydrogen-bond donors (Lipinski definition) is 1. The molecule has 0 amide bonds. The van der Waals surface area contributed by atoms with E-state index in [1.807, 2.05) is 24.3 Å². The van der Waals surface area contributed by atoms with Gasteiger partial charge in [-0.15, -0.1) is 0 Å². The first kappa shape index (κ1) is 29.7. The molecule has 5 fully saturated rings. The van der Waals surface area contributed by atoms with Crippen molar-refractivity contribution >= 4 is 17.8 Å². The standard InChI is InChI=1S/C38H52O4/c1-23(2)26-15-18-38(33(40)41)20-19-36(6)27(31(26)38)13-14-30-35(5)22-25(21-24-11-9-10-12-28(24)42-8)32(39)34(3,4)29(35)16-17-37(30,36)7/h9-12,21,26-27,29-31H,1,13-20,22H2,2-8H3,(H,40,41)/b25-21+/t26?,27?,29?,30?,31?,35-,36+,37+,38?/m0/s1. The molecule has 1 aromatic rings. The molecule has 4 heteroatoms. The van der Waals surface area contributed by atoms with Gasteiger partial charge in [0.25, 0.3) is 0 Å². The van der Waals surface area contributed by atoms with Crippen LogP contribution in [0.5, 0.6) is 5.75 Å². The Morgan fingerprint density at radius 3 is 2.33 bits per heavy atom. The number of carboxylic acids is 1. The Kier molecular flexibility index (Phi) is 6.77. The lowest BCUT2D eigenvalue weighted by atomic mass is 9.32. The molecule has 5 saturated carbocycles. The zero-order valence-corrected chi connectivity index (χ0v) is 27.0. The third-order valence-electron chi connectivity index (χ3n) is 14.5. The van der Waals surface area contributed by atoms with E-state index in [0.29, 0.717) is 29.5 Å². The molecular weight excluding hydrogens is 520 g/mol. The van der Waals surface area contributed by atoms with E-state index in [4.69, 9.17) is 4.74 Å². The summed E-state index contributed by atoms with van der Waals surface area (Å²) in [6.07, 6.45) is 10.8. The molecule has 0 spiro atoms. The van der Waals surface area contributed by atoms with Crippen molar-refractivity contribution < 1.29 is 19.4 Å². The third kappa shape index (κ3) is 3.71. The predicted molar refractivity (Wildman–Crippen MR) is 168 cm³/mol. The number of rotatable bonds is 4. The summed E-state index contributed by atoms with van der Waals surface area (Å²) in [4.78, 5) is 27.1. The van der Waals surface area contributed by atoms with E-state index in [1.54, 1.807) is 7.11 Å². The van der Waals surface area contributed by atoms with Crippen molar-refractivity contribution in [2.24, 2.45) is 56.7 Å². The van der Waals surface area contributed by atoms with E-state index in [-0.39, 0.29) is 22.2 Å². The Labute approximate surface area is 253 Å². The summed E-state index contributed by atoms with van der Waals surface area (Å²) in [6.45, 7) is 18.5. The van der Waals surface area contributed by atoms with Gasteiger partial charge >= 0.3 is 5.97 Å². The van der Waals surface area contributed by atoms with Crippen molar-refractivity contribution in [1.82, 2.24) is 0 Å². The van der Waals surface area contributed by atoms with E-state index in [1.165, 1.54) is 5.57 Å². The van der Waals surface area contributed by atoms with Crippen molar-refractivity contribution in [3.8, 4) is 5.75 Å². The smallest absolute Gasteiger partial charge is 0.309 e. The Balaban J connectivity index is 1.42. The number of allylic oxidation sites excluding steroid dienone is 2. The molecule has 6 unspecified atom stereocenters. The summed E-state index contributed by atoms with van der Waals surface area (Å²) in [5, 5.41) is 10.7. The fourth-order valence-electron chi connectivity index (χ4n) is 12.5. The molecule has 0 aromatic heterocycles. The topological polar surface area (TPSA) is 63.6 Å². The number of hydrogen-bond acceptors (Lipinski definition) is 3. The molecule has 42 heavy (non-hydrogen) atoms. The van der Waals surface area contributed by atoms with Crippen molar-refractivity contribution in [1.29, 1.82) is 0 Å². The molecule has 0 saturated heterocycles. The molecule has 0 heterocycles. The number of carbonyl (C=O) groups is 2. The van der Waals surface area contributed by atoms with E-state index in [9.17, 15) is 14.7 Å². The minimum absolute atomic E-state index is 0.00297. The number of fused-ring (bicyclic) bond motifs is 7. The van der Waals surface area contributed by atoms with Crippen molar-refractivity contribution in [3.05, 3.63) is 47.6 Å². The van der Waals surface area contributed by atoms with Crippen LogP contribution in [0, 0.1) is 56.7 Å². The van der Waals surface area contributed by atoms with Gasteiger partial charge in [-0.25, -0.2) is 0 Å². The maximum Gasteiger partial charge on any atom is 0.309 e. The minimum atomic E-state index is -0.595. The van der Waals surface area contributed by atoms with Gasteiger partial charge in [0.2, 0.25) is 0 Å². The van der Waals surface area contributed by atoms with Gasteiger partial charge in [-0.05, 0) is 128 Å². The number of para-hydroxylation sites is 1. The lowest BCUT2D eigenvalue weighted by Crippen LogP contribution is -2.67. The molecule has 0 bridgehead atoms. The molecule has 228 valence electrons. The molecular formula is C38H52O4. The number of methoxy groups -OCH3 is 1. The summed E-state index contributed by atoms with van der Waals surface area (Å²) >= 11 is 0. The van der Waals surface area contributed by atoms with Crippen LogP contribution in [0.3, 0.4) is 0 Å². The highest BCUT2D eigenvalue weighted by Gasteiger charge is 2.72. The second-order valence-electron chi connectivity index (χ2n) is 16.3. The van der Waals surface area contributed by atoms with Crippen LogP contribution < -0.4 is 4.74 Å². The number of carboxylic acid groups (broad SMARTS) is 1. The number of aliphatic carboxylic acids is 1. The summed E-state index contributed by atoms with van der Waals surface area (Å²) in [5.74, 6) is 2.23. The second kappa shape index (κ2) is 9.57. The predicted octanol–water partition coefficient (Wildman–Crippen LogP) is 9.00. The number of Topliss-reactive ketones (excluding diaryl/α,β-unsaturated/α-hetero) is 1. The SMILES string of the molecule is C=C(C)C1CCC2(C(=O)O)CC[C@]3(C)C(CCC4[C@@]5(C)C/C(=C\c6ccccc6OC)C(=O)C(C)(C)C5CC[C@]43C)C12. The average molecular weight is 573 g/mol. The van der Waals surface area contributed by atoms with Crippen LogP contribution in [0.25, 0.3) is 6.08 Å². The number of ketones is 1. The van der Waals surface area contributed by atoms with Gasteiger partial charge in [-0.2, -0.15) is 0 Å². The quantitative estimate of drug-likeness (QED) is 0.289. The number of carbonyl (C=O) groups excluding carboxylic acids is 1. The van der Waals surface area contributed by atoms with Crippen molar-refractivity contribution in [3.63, 3.8) is 0 Å². The third-order valence-corrected chi connectivity index (χ3v) is 14.5. The minimum Gasteiger partial charge on any atom is -0.496 e. The van der Waals surface area contributed by atoms with Crippen LogP contribution in [0.2, 0.25) is 0 Å². The van der Waals surface area contributed by atoms with Gasteiger partial charge in [-0.3, -0.25) is 9.59 Å². The van der Waals surface area contributed by atoms with Gasteiger partial charge in [0.1, 0.15) is 5.75 Å². The van der Waals surface area contributed by atoms with Crippen LogP contribution in [0.1, 0.15) is 105 Å². The molecule has 0 aliphatic heterocycles. The van der Waals surface area contributed by atoms with E-state index >= 15 is 0 Å². The monoisotopic (exact) mass is 572 g/mol. The summed E-state index contributed by atoms with van der Waals surface area (Å²) in [7, 11) is 1.69. The van der Waals surface area contributed by atoms with E-state index in [0.717, 1.165) is 74.7 Å². The lowest BCUT2D eigenvalue weighted by Gasteiger charge is -2.72. The maximum absolute atomic E-state index is 14.1. The zero-order chi connectivity index (χ0) is 30.5. The fourth-order valence-corrected chi connectivity index (χ4v) is 12.5. The van der Waals surface area contributed by atoms with Gasteiger partial charge in [0.05, 0.1) is 12.5 Å². The first-order chi connectivity index (χ1) is 19.7. The molecule has 5 aliphatic rings. The molecule has 6 rings (SSSR count). The maximum atomic E-state index is 14.1. The Bertz CT molecular complexity index is 1350. The van der Waals surface area contributed by atoms with Crippen molar-refractivity contribution in [2.45, 2.75) is 99.3 Å². The normalized spacial score (nSPS) is 44.9. The van der Waals surface area contributed by atoms with E-state index < -0.39 is 16.8 Å². The Hall–Kier alpha value is -2.36. The highest BCUT2D eigenvalue weighted by molar-refractivity contribution is 6.04. The van der Waals surface area contributed by atoms with Gasteiger partial charge in [0, 0.05) is 11.0 Å². The molecule has 5 aliphatic carbocycles. The van der Waals surface area contributed by atoms with Gasteiger partial charge in [0.15, 0.2) is 5.78 Å². The fraction of sp³-hybridized carbons (Fsp3) is 0.684. The lowest BCUT2D eigenvalue weighted by molar-refractivity contribution is -0.231. The molecule has 1 N–H and O–H groups in total. The highest BCUT2D eigenvalue weighted by Crippen LogP contribution is 2.77. The number of benzene rings is 1. The molecule has 1 aromatic carbocycles. The van der Waals surface area contributed by atoms with Crippen LogP contribution >= 0.6 is 0 Å². The van der Waals surface area contributed by atoms with Crippen LogP contribution in [0.15, 0.2) is 42.0 Å². The Morgan fingerprint density at radius 2 is 1.67 bits per heavy atom. The van der Waals surface area contributed by atoms with E-state index in [2.05, 4.69) is 54.2 Å². The zero-order valence-electron chi connectivity index (χ0n) is 27.0. The summed E-state index contributed by atoms with van der Waals surface area (Å²) in [6, 6.07) is 8.01. The summed E-state index contributed by atoms with van der Waals surface area (Å²) < 4.78 is 5.66. The largest absolute Gasteiger partial charge is 0.496 e. The highest BCUT2D eigenvalue weighted by atomic mass is 16.5. The Morgan fingerprint density at radius 1 is 0.952 bits per heavy atom.